The Labute approximate surface area is 138 Å². The Morgan fingerprint density at radius 1 is 1.27 bits per heavy atom. The van der Waals surface area contributed by atoms with E-state index in [9.17, 15) is 0 Å². The second-order valence-corrected chi connectivity index (χ2v) is 7.25. The summed E-state index contributed by atoms with van der Waals surface area (Å²) in [7, 11) is 2.10. The lowest BCUT2D eigenvalue weighted by Gasteiger charge is -2.21. The molecule has 3 heterocycles. The summed E-state index contributed by atoms with van der Waals surface area (Å²) in [6, 6.07) is 4.31. The van der Waals surface area contributed by atoms with Gasteiger partial charge in [0.1, 0.15) is 10.8 Å². The number of rotatable bonds is 5. The van der Waals surface area contributed by atoms with E-state index in [2.05, 4.69) is 34.2 Å². The number of aromatic nitrogens is 2. The largest absolute Gasteiger partial charge is 0.440 e. The predicted octanol–water partition coefficient (Wildman–Crippen LogP) is 4.67. The van der Waals surface area contributed by atoms with E-state index in [0.717, 1.165) is 33.6 Å². The van der Waals surface area contributed by atoms with Crippen LogP contribution in [0, 0.1) is 13.8 Å². The maximum Gasteiger partial charge on any atom is 0.236 e. The van der Waals surface area contributed by atoms with Crippen LogP contribution in [0.25, 0.3) is 10.8 Å². The number of hydrogen-bond donors (Lipinski definition) is 0. The Bertz CT molecular complexity index is 745. The van der Waals surface area contributed by atoms with Crippen LogP contribution in [0.15, 0.2) is 27.3 Å². The van der Waals surface area contributed by atoms with E-state index in [1.165, 1.54) is 0 Å². The van der Waals surface area contributed by atoms with Gasteiger partial charge in [-0.3, -0.25) is 4.90 Å². The normalized spacial score (nSPS) is 13.0. The van der Waals surface area contributed by atoms with E-state index in [-0.39, 0.29) is 6.04 Å². The number of nitrogens with zero attached hydrogens (tertiary/aromatic N) is 3. The number of aryl methyl sites for hydroxylation is 2. The van der Waals surface area contributed by atoms with Crippen molar-refractivity contribution in [2.45, 2.75) is 33.4 Å². The quantitative estimate of drug-likeness (QED) is 0.680. The standard InChI is InChI=1S/C16H19N3OS2/c1-10-9-22-16(17-10)11(2)19(4)8-13-12(3)20-15(18-13)14-6-5-7-21-14/h5-7,9,11H,8H2,1-4H3/t11-/m1/s1. The van der Waals surface area contributed by atoms with Gasteiger partial charge in [-0.15, -0.1) is 22.7 Å². The number of thiophene rings is 1. The van der Waals surface area contributed by atoms with Gasteiger partial charge in [0.25, 0.3) is 0 Å². The average molecular weight is 333 g/mol. The number of hydrogen-bond acceptors (Lipinski definition) is 6. The van der Waals surface area contributed by atoms with Gasteiger partial charge in [-0.25, -0.2) is 9.97 Å². The van der Waals surface area contributed by atoms with Crippen LogP contribution in [0.3, 0.4) is 0 Å². The van der Waals surface area contributed by atoms with Crippen LogP contribution >= 0.6 is 22.7 Å². The van der Waals surface area contributed by atoms with Crippen molar-refractivity contribution in [2.24, 2.45) is 0 Å². The Morgan fingerprint density at radius 3 is 2.73 bits per heavy atom. The van der Waals surface area contributed by atoms with Crippen molar-refractivity contribution in [3.05, 3.63) is 45.0 Å². The molecule has 0 saturated heterocycles. The average Bonchev–Trinajstić information content (AvgIpc) is 3.20. The second kappa shape index (κ2) is 6.32. The lowest BCUT2D eigenvalue weighted by atomic mass is 10.2. The lowest BCUT2D eigenvalue weighted by molar-refractivity contribution is 0.248. The Morgan fingerprint density at radius 2 is 2.09 bits per heavy atom. The van der Waals surface area contributed by atoms with Crippen LogP contribution in [0.5, 0.6) is 0 Å². The van der Waals surface area contributed by atoms with Crippen LogP contribution in [-0.4, -0.2) is 21.9 Å². The summed E-state index contributed by atoms with van der Waals surface area (Å²) in [5.41, 5.74) is 2.07. The van der Waals surface area contributed by atoms with Crippen molar-refractivity contribution in [3.63, 3.8) is 0 Å². The van der Waals surface area contributed by atoms with Gasteiger partial charge in [-0.05, 0) is 39.3 Å². The summed E-state index contributed by atoms with van der Waals surface area (Å²) in [6.45, 7) is 6.93. The van der Waals surface area contributed by atoms with E-state index in [1.807, 2.05) is 31.4 Å². The van der Waals surface area contributed by atoms with Crippen LogP contribution < -0.4 is 0 Å². The molecule has 0 unspecified atom stereocenters. The second-order valence-electron chi connectivity index (χ2n) is 5.42. The molecule has 0 aliphatic rings. The Hall–Kier alpha value is -1.50. The van der Waals surface area contributed by atoms with Gasteiger partial charge >= 0.3 is 0 Å². The molecular weight excluding hydrogens is 314 g/mol. The number of oxazole rings is 1. The molecule has 3 aromatic heterocycles. The van der Waals surface area contributed by atoms with Gasteiger partial charge in [0.2, 0.25) is 5.89 Å². The van der Waals surface area contributed by atoms with E-state index in [1.54, 1.807) is 22.7 Å². The van der Waals surface area contributed by atoms with Gasteiger partial charge in [0, 0.05) is 17.6 Å². The molecule has 0 saturated carbocycles. The molecule has 0 bridgehead atoms. The maximum absolute atomic E-state index is 5.81. The zero-order valence-corrected chi connectivity index (χ0v) is 14.8. The molecule has 0 aliphatic carbocycles. The molecule has 0 spiro atoms. The van der Waals surface area contributed by atoms with E-state index in [4.69, 9.17) is 4.42 Å². The Kier molecular flexibility index (Phi) is 4.42. The first-order valence-corrected chi connectivity index (χ1v) is 8.93. The fourth-order valence-corrected chi connectivity index (χ4v) is 3.77. The van der Waals surface area contributed by atoms with Crippen LogP contribution in [0.2, 0.25) is 0 Å². The fraction of sp³-hybridized carbons (Fsp3) is 0.375. The fourth-order valence-electron chi connectivity index (χ4n) is 2.21. The molecule has 3 rings (SSSR count). The van der Waals surface area contributed by atoms with Gasteiger partial charge in [0.05, 0.1) is 16.6 Å². The summed E-state index contributed by atoms with van der Waals surface area (Å²) < 4.78 is 5.81. The molecule has 0 aliphatic heterocycles. The van der Waals surface area contributed by atoms with E-state index < -0.39 is 0 Å². The molecule has 0 radical (unpaired) electrons. The SMILES string of the molecule is Cc1csc([C@@H](C)N(C)Cc2nc(-c3cccs3)oc2C)n1. The molecule has 0 aromatic carbocycles. The molecule has 0 amide bonds. The van der Waals surface area contributed by atoms with Crippen molar-refractivity contribution in [1.29, 1.82) is 0 Å². The third-order valence-corrected chi connectivity index (χ3v) is 5.67. The van der Waals surface area contributed by atoms with Gasteiger partial charge in [-0.1, -0.05) is 6.07 Å². The van der Waals surface area contributed by atoms with Gasteiger partial charge in [0.15, 0.2) is 0 Å². The first-order chi connectivity index (χ1) is 10.5. The van der Waals surface area contributed by atoms with E-state index >= 15 is 0 Å². The summed E-state index contributed by atoms with van der Waals surface area (Å²) in [5.74, 6) is 1.60. The predicted molar refractivity (Wildman–Crippen MR) is 91.3 cm³/mol. The molecule has 1 atom stereocenters. The number of thiazole rings is 1. The summed E-state index contributed by atoms with van der Waals surface area (Å²) in [6.07, 6.45) is 0. The third-order valence-electron chi connectivity index (χ3n) is 3.68. The highest BCUT2D eigenvalue weighted by atomic mass is 32.1. The molecular formula is C16H19N3OS2. The van der Waals surface area contributed by atoms with Crippen molar-refractivity contribution in [2.75, 3.05) is 7.05 Å². The first-order valence-electron chi connectivity index (χ1n) is 7.17. The van der Waals surface area contributed by atoms with Gasteiger partial charge in [-0.2, -0.15) is 0 Å². The zero-order valence-electron chi connectivity index (χ0n) is 13.2. The molecule has 4 nitrogen and oxygen atoms in total. The summed E-state index contributed by atoms with van der Waals surface area (Å²) >= 11 is 3.35. The van der Waals surface area contributed by atoms with Crippen molar-refractivity contribution in [1.82, 2.24) is 14.9 Å². The molecule has 0 fully saturated rings. The van der Waals surface area contributed by atoms with Crippen molar-refractivity contribution >= 4 is 22.7 Å². The topological polar surface area (TPSA) is 42.2 Å². The van der Waals surface area contributed by atoms with E-state index in [0.29, 0.717) is 5.89 Å². The minimum absolute atomic E-state index is 0.264. The van der Waals surface area contributed by atoms with Crippen LogP contribution in [0.4, 0.5) is 0 Å². The van der Waals surface area contributed by atoms with Crippen molar-refractivity contribution in [3.8, 4) is 10.8 Å². The molecule has 116 valence electrons. The van der Waals surface area contributed by atoms with Gasteiger partial charge < -0.3 is 4.42 Å². The minimum Gasteiger partial charge on any atom is -0.440 e. The highest BCUT2D eigenvalue weighted by Crippen LogP contribution is 2.28. The third kappa shape index (κ3) is 3.14. The molecule has 6 heteroatoms. The van der Waals surface area contributed by atoms with Crippen LogP contribution in [-0.2, 0) is 6.54 Å². The molecule has 22 heavy (non-hydrogen) atoms. The molecule has 0 N–H and O–H groups in total. The van der Waals surface area contributed by atoms with Crippen LogP contribution in [0.1, 0.15) is 35.1 Å². The summed E-state index contributed by atoms with van der Waals surface area (Å²) in [5, 5.41) is 5.27. The monoisotopic (exact) mass is 333 g/mol. The highest BCUT2D eigenvalue weighted by Gasteiger charge is 2.19. The lowest BCUT2D eigenvalue weighted by Crippen LogP contribution is -2.22. The van der Waals surface area contributed by atoms with Crippen molar-refractivity contribution < 1.29 is 4.42 Å². The highest BCUT2D eigenvalue weighted by molar-refractivity contribution is 7.13. The smallest absolute Gasteiger partial charge is 0.236 e. The maximum atomic E-state index is 5.81. The summed E-state index contributed by atoms with van der Waals surface area (Å²) in [4.78, 5) is 12.6. The first kappa shape index (κ1) is 15.4. The molecule has 3 aromatic rings. The minimum atomic E-state index is 0.264. The zero-order chi connectivity index (χ0) is 15.7. The Balaban J connectivity index is 1.75.